The second-order valence-corrected chi connectivity index (χ2v) is 8.25. The molecule has 6 heteroatoms. The number of nitrogens with zero attached hydrogens (tertiary/aromatic N) is 1. The third-order valence-electron chi connectivity index (χ3n) is 6.05. The minimum atomic E-state index is -0.524. The van der Waals surface area contributed by atoms with E-state index < -0.39 is 11.5 Å². The third kappa shape index (κ3) is 5.17. The van der Waals surface area contributed by atoms with E-state index in [2.05, 4.69) is 11.1 Å². The summed E-state index contributed by atoms with van der Waals surface area (Å²) in [7, 11) is 0. The molecule has 162 valence electrons. The van der Waals surface area contributed by atoms with Crippen LogP contribution in [-0.4, -0.2) is 34.7 Å². The van der Waals surface area contributed by atoms with Crippen LogP contribution in [0.1, 0.15) is 70.2 Å². The van der Waals surface area contributed by atoms with Gasteiger partial charge < -0.3 is 14.6 Å². The largest absolute Gasteiger partial charge is 0.466 e. The number of hydrogen-bond donors (Lipinski definition) is 1. The fraction of sp³-hybridized carbons (Fsp3) is 0.542. The van der Waals surface area contributed by atoms with E-state index in [1.807, 2.05) is 31.2 Å². The summed E-state index contributed by atoms with van der Waals surface area (Å²) < 4.78 is 10.6. The summed E-state index contributed by atoms with van der Waals surface area (Å²) in [6.07, 6.45) is 3.27. The van der Waals surface area contributed by atoms with E-state index in [-0.39, 0.29) is 18.0 Å². The zero-order chi connectivity index (χ0) is 21.7. The Bertz CT molecular complexity index is 902. The standard InChI is InChI=1S/C24H31NO5/c1-4-29-23(28)24(13-10-20(27)11-14-24)12-9-18-5-6-19-7-8-21(25-22(19)15-18)16(2)30-17(3)26/h5-8,15-16,20,27H,4,9-14H2,1-3H3/t16-,20?,24?/m1/s1. The molecule has 3 rings (SSSR count). The van der Waals surface area contributed by atoms with Gasteiger partial charge >= 0.3 is 11.9 Å². The Labute approximate surface area is 177 Å². The molecule has 0 bridgehead atoms. The fourth-order valence-corrected chi connectivity index (χ4v) is 4.25. The Morgan fingerprint density at radius 3 is 2.60 bits per heavy atom. The molecule has 1 aromatic heterocycles. The Hall–Kier alpha value is -2.47. The summed E-state index contributed by atoms with van der Waals surface area (Å²) in [5.41, 5.74) is 2.12. The maximum atomic E-state index is 12.7. The molecule has 2 aromatic rings. The molecule has 0 unspecified atom stereocenters. The summed E-state index contributed by atoms with van der Waals surface area (Å²) in [5, 5.41) is 10.9. The van der Waals surface area contributed by atoms with E-state index >= 15 is 0 Å². The summed E-state index contributed by atoms with van der Waals surface area (Å²) in [6.45, 7) is 5.39. The summed E-state index contributed by atoms with van der Waals surface area (Å²) in [5.74, 6) is -0.478. The molecule has 1 aromatic carbocycles. The molecule has 1 aliphatic rings. The van der Waals surface area contributed by atoms with E-state index in [1.165, 1.54) is 6.92 Å². The van der Waals surface area contributed by atoms with Crippen molar-refractivity contribution in [3.05, 3.63) is 41.6 Å². The molecule has 0 aliphatic heterocycles. The van der Waals surface area contributed by atoms with E-state index in [1.54, 1.807) is 6.92 Å². The van der Waals surface area contributed by atoms with Gasteiger partial charge in [0.2, 0.25) is 0 Å². The van der Waals surface area contributed by atoms with Gasteiger partial charge in [0.1, 0.15) is 6.10 Å². The lowest BCUT2D eigenvalue weighted by Crippen LogP contribution is -2.38. The number of esters is 2. The normalized spacial score (nSPS) is 22.5. The van der Waals surface area contributed by atoms with Crippen LogP contribution in [0.3, 0.4) is 0 Å². The molecular weight excluding hydrogens is 382 g/mol. The van der Waals surface area contributed by atoms with E-state index in [0.29, 0.717) is 44.4 Å². The topological polar surface area (TPSA) is 85.7 Å². The van der Waals surface area contributed by atoms with Crippen LogP contribution in [0.4, 0.5) is 0 Å². The summed E-state index contributed by atoms with van der Waals surface area (Å²) >= 11 is 0. The third-order valence-corrected chi connectivity index (χ3v) is 6.05. The van der Waals surface area contributed by atoms with Crippen LogP contribution in [0, 0.1) is 5.41 Å². The van der Waals surface area contributed by atoms with E-state index in [4.69, 9.17) is 9.47 Å². The van der Waals surface area contributed by atoms with E-state index in [0.717, 1.165) is 22.9 Å². The zero-order valence-corrected chi connectivity index (χ0v) is 18.0. The molecule has 1 saturated carbocycles. The lowest BCUT2D eigenvalue weighted by Gasteiger charge is -2.36. The number of fused-ring (bicyclic) bond motifs is 1. The van der Waals surface area contributed by atoms with Crippen molar-refractivity contribution in [2.24, 2.45) is 5.41 Å². The molecule has 1 aliphatic carbocycles. The highest BCUT2D eigenvalue weighted by Gasteiger charge is 2.42. The first-order chi connectivity index (χ1) is 14.3. The number of aryl methyl sites for hydroxylation is 1. The van der Waals surface area contributed by atoms with Crippen molar-refractivity contribution >= 4 is 22.8 Å². The van der Waals surface area contributed by atoms with Gasteiger partial charge in [-0.3, -0.25) is 9.59 Å². The van der Waals surface area contributed by atoms with Crippen molar-refractivity contribution in [1.82, 2.24) is 4.98 Å². The highest BCUT2D eigenvalue weighted by molar-refractivity contribution is 5.80. The van der Waals surface area contributed by atoms with Crippen LogP contribution in [0.25, 0.3) is 10.9 Å². The number of aliphatic hydroxyl groups is 1. The molecule has 30 heavy (non-hydrogen) atoms. The molecule has 1 heterocycles. The van der Waals surface area contributed by atoms with Crippen LogP contribution in [0.15, 0.2) is 30.3 Å². The fourth-order valence-electron chi connectivity index (χ4n) is 4.25. The number of aliphatic hydroxyl groups excluding tert-OH is 1. The predicted octanol–water partition coefficient (Wildman–Crippen LogP) is 4.28. The Morgan fingerprint density at radius 1 is 1.23 bits per heavy atom. The molecule has 1 N–H and O–H groups in total. The first kappa shape index (κ1) is 22.2. The van der Waals surface area contributed by atoms with Gasteiger partial charge in [-0.15, -0.1) is 0 Å². The molecular formula is C24H31NO5. The second-order valence-electron chi connectivity index (χ2n) is 8.25. The van der Waals surface area contributed by atoms with Crippen molar-refractivity contribution in [3.8, 4) is 0 Å². The van der Waals surface area contributed by atoms with Crippen molar-refractivity contribution < 1.29 is 24.2 Å². The number of hydrogen-bond acceptors (Lipinski definition) is 6. The molecule has 0 amide bonds. The Kier molecular flexibility index (Phi) is 7.08. The number of rotatable bonds is 7. The molecule has 0 radical (unpaired) electrons. The quantitative estimate of drug-likeness (QED) is 0.682. The van der Waals surface area contributed by atoms with Gasteiger partial charge in [0.25, 0.3) is 0 Å². The van der Waals surface area contributed by atoms with Crippen LogP contribution in [0.5, 0.6) is 0 Å². The van der Waals surface area contributed by atoms with Crippen molar-refractivity contribution in [2.45, 2.75) is 71.5 Å². The average Bonchev–Trinajstić information content (AvgIpc) is 2.72. The van der Waals surface area contributed by atoms with Gasteiger partial charge in [0, 0.05) is 12.3 Å². The first-order valence-electron chi connectivity index (χ1n) is 10.7. The van der Waals surface area contributed by atoms with Crippen molar-refractivity contribution in [2.75, 3.05) is 6.61 Å². The summed E-state index contributed by atoms with van der Waals surface area (Å²) in [4.78, 5) is 28.6. The van der Waals surface area contributed by atoms with Crippen LogP contribution < -0.4 is 0 Å². The van der Waals surface area contributed by atoms with Crippen LogP contribution in [-0.2, 0) is 25.5 Å². The van der Waals surface area contributed by atoms with Crippen molar-refractivity contribution in [3.63, 3.8) is 0 Å². The van der Waals surface area contributed by atoms with Gasteiger partial charge in [-0.05, 0) is 70.1 Å². The number of benzene rings is 1. The zero-order valence-electron chi connectivity index (χ0n) is 18.0. The Morgan fingerprint density at radius 2 is 1.93 bits per heavy atom. The maximum Gasteiger partial charge on any atom is 0.312 e. The highest BCUT2D eigenvalue weighted by Crippen LogP contribution is 2.41. The van der Waals surface area contributed by atoms with Gasteiger partial charge in [-0.1, -0.05) is 18.2 Å². The van der Waals surface area contributed by atoms with E-state index in [9.17, 15) is 14.7 Å². The van der Waals surface area contributed by atoms with Crippen molar-refractivity contribution in [1.29, 1.82) is 0 Å². The molecule has 1 atom stereocenters. The molecule has 1 fully saturated rings. The number of pyridine rings is 1. The first-order valence-corrected chi connectivity index (χ1v) is 10.7. The van der Waals surface area contributed by atoms with Crippen LogP contribution in [0.2, 0.25) is 0 Å². The maximum absolute atomic E-state index is 12.7. The molecule has 6 nitrogen and oxygen atoms in total. The van der Waals surface area contributed by atoms with Gasteiger partial charge in [0.05, 0.1) is 29.3 Å². The van der Waals surface area contributed by atoms with Crippen LogP contribution >= 0.6 is 0 Å². The smallest absolute Gasteiger partial charge is 0.312 e. The molecule has 0 spiro atoms. The minimum Gasteiger partial charge on any atom is -0.466 e. The molecule has 0 saturated heterocycles. The van der Waals surface area contributed by atoms with Gasteiger partial charge in [-0.25, -0.2) is 4.98 Å². The SMILES string of the molecule is CCOC(=O)C1(CCc2ccc3ccc([C@@H](C)OC(C)=O)nc3c2)CCC(O)CC1. The number of aromatic nitrogens is 1. The second kappa shape index (κ2) is 9.56. The van der Waals surface area contributed by atoms with Gasteiger partial charge in [0.15, 0.2) is 0 Å². The minimum absolute atomic E-state index is 0.145. The van der Waals surface area contributed by atoms with Gasteiger partial charge in [-0.2, -0.15) is 0 Å². The lowest BCUT2D eigenvalue weighted by atomic mass is 9.70. The highest BCUT2D eigenvalue weighted by atomic mass is 16.5. The number of carbonyl (C=O) groups is 2. The summed E-state index contributed by atoms with van der Waals surface area (Å²) in [6, 6.07) is 9.98. The average molecular weight is 414 g/mol. The lowest BCUT2D eigenvalue weighted by molar-refractivity contribution is -0.159. The Balaban J connectivity index is 1.78. The number of carbonyl (C=O) groups excluding carboxylic acids is 2. The number of ether oxygens (including phenoxy) is 2. The monoisotopic (exact) mass is 413 g/mol. The predicted molar refractivity (Wildman–Crippen MR) is 114 cm³/mol.